The van der Waals surface area contributed by atoms with Crippen LogP contribution in [-0.2, 0) is 13.6 Å². The van der Waals surface area contributed by atoms with Crippen molar-refractivity contribution >= 4 is 29.2 Å². The van der Waals surface area contributed by atoms with E-state index in [2.05, 4.69) is 70.6 Å². The van der Waals surface area contributed by atoms with Crippen molar-refractivity contribution < 1.29 is 9.15 Å². The highest BCUT2D eigenvalue weighted by Crippen LogP contribution is 2.46. The van der Waals surface area contributed by atoms with Crippen molar-refractivity contribution in [2.24, 2.45) is 7.05 Å². The minimum Gasteiger partial charge on any atom is -0.496 e. The predicted octanol–water partition coefficient (Wildman–Crippen LogP) is 6.12. The summed E-state index contributed by atoms with van der Waals surface area (Å²) >= 11 is 3.43. The maximum atomic E-state index is 6.14. The third-order valence-corrected chi connectivity index (χ3v) is 8.14. The molecular formula is C25H26N4O2S2. The Morgan fingerprint density at radius 3 is 2.85 bits per heavy atom. The lowest BCUT2D eigenvalue weighted by atomic mass is 10.1. The summed E-state index contributed by atoms with van der Waals surface area (Å²) < 4.78 is 13.5. The number of para-hydroxylation sites is 1. The molecule has 0 saturated carbocycles. The Labute approximate surface area is 202 Å². The van der Waals surface area contributed by atoms with Gasteiger partial charge in [0.05, 0.1) is 19.3 Å². The summed E-state index contributed by atoms with van der Waals surface area (Å²) in [5.41, 5.74) is 3.78. The molecule has 1 aliphatic heterocycles. The first-order valence-corrected chi connectivity index (χ1v) is 12.6. The first-order chi connectivity index (χ1) is 16.1. The molecular weight excluding hydrogens is 452 g/mol. The lowest BCUT2D eigenvalue weighted by Crippen LogP contribution is -2.23. The second-order valence-corrected chi connectivity index (χ2v) is 10.3. The number of nitrogens with zero attached hydrogens (tertiary/aromatic N) is 4. The van der Waals surface area contributed by atoms with Crippen LogP contribution in [0.25, 0.3) is 0 Å². The highest BCUT2D eigenvalue weighted by Gasteiger charge is 2.24. The maximum absolute atomic E-state index is 6.14. The molecule has 4 aromatic rings. The Morgan fingerprint density at radius 2 is 2.06 bits per heavy atom. The molecule has 170 valence electrons. The summed E-state index contributed by atoms with van der Waals surface area (Å²) in [6.45, 7) is 3.79. The summed E-state index contributed by atoms with van der Waals surface area (Å²) in [7, 11) is 3.65. The van der Waals surface area contributed by atoms with Crippen LogP contribution < -0.4 is 9.64 Å². The number of hydrogen-bond donors (Lipinski definition) is 0. The number of rotatable bonds is 6. The van der Waals surface area contributed by atoms with Gasteiger partial charge < -0.3 is 18.6 Å². The third kappa shape index (κ3) is 4.77. The van der Waals surface area contributed by atoms with Crippen LogP contribution in [0.15, 0.2) is 80.5 Å². The van der Waals surface area contributed by atoms with Gasteiger partial charge in [-0.1, -0.05) is 24.3 Å². The molecule has 33 heavy (non-hydrogen) atoms. The van der Waals surface area contributed by atoms with Crippen LogP contribution in [0, 0.1) is 6.92 Å². The van der Waals surface area contributed by atoms with Gasteiger partial charge in [-0.3, -0.25) is 0 Å². The van der Waals surface area contributed by atoms with Crippen LogP contribution in [-0.4, -0.2) is 28.4 Å². The molecule has 1 unspecified atom stereocenters. The van der Waals surface area contributed by atoms with Gasteiger partial charge in [-0.05, 0) is 66.6 Å². The molecule has 1 atom stereocenters. The Kier molecular flexibility index (Phi) is 6.37. The average Bonchev–Trinajstić information content (AvgIpc) is 3.39. The van der Waals surface area contributed by atoms with E-state index >= 15 is 0 Å². The largest absolute Gasteiger partial charge is 0.496 e. The number of aromatic nitrogens is 3. The SMILES string of the molecule is COc1ccc(C2CCN(Cc3ccc(Sc4nncn4C)o3)c3ccccc3S2)cc1C. The van der Waals surface area contributed by atoms with Gasteiger partial charge in [0.25, 0.3) is 0 Å². The first-order valence-electron chi connectivity index (χ1n) is 10.9. The molecule has 0 saturated heterocycles. The maximum Gasteiger partial charge on any atom is 0.198 e. The Balaban J connectivity index is 1.35. The first kappa shape index (κ1) is 22.0. The van der Waals surface area contributed by atoms with Crippen molar-refractivity contribution in [3.63, 3.8) is 0 Å². The number of anilines is 1. The number of hydrogen-bond acceptors (Lipinski definition) is 7. The molecule has 5 rings (SSSR count). The van der Waals surface area contributed by atoms with Gasteiger partial charge >= 0.3 is 0 Å². The number of furan rings is 1. The fraction of sp³-hybridized carbons (Fsp3) is 0.280. The van der Waals surface area contributed by atoms with E-state index < -0.39 is 0 Å². The molecule has 0 bridgehead atoms. The van der Waals surface area contributed by atoms with Gasteiger partial charge in [0.1, 0.15) is 17.8 Å². The molecule has 0 spiro atoms. The Morgan fingerprint density at radius 1 is 1.18 bits per heavy atom. The number of ether oxygens (including phenoxy) is 1. The van der Waals surface area contributed by atoms with Crippen molar-refractivity contribution in [3.05, 3.63) is 77.8 Å². The molecule has 8 heteroatoms. The average molecular weight is 479 g/mol. The molecule has 2 aromatic heterocycles. The number of methoxy groups -OCH3 is 1. The smallest absolute Gasteiger partial charge is 0.198 e. The van der Waals surface area contributed by atoms with Crippen molar-refractivity contribution in [1.29, 1.82) is 0 Å². The van der Waals surface area contributed by atoms with Gasteiger partial charge in [-0.15, -0.1) is 22.0 Å². The van der Waals surface area contributed by atoms with E-state index in [0.29, 0.717) is 5.25 Å². The number of fused-ring (bicyclic) bond motifs is 1. The topological polar surface area (TPSA) is 56.3 Å². The van der Waals surface area contributed by atoms with E-state index in [1.807, 2.05) is 29.4 Å². The third-order valence-electron chi connectivity index (χ3n) is 5.77. The van der Waals surface area contributed by atoms with Gasteiger partial charge in [0.15, 0.2) is 10.2 Å². The van der Waals surface area contributed by atoms with Crippen molar-refractivity contribution in [1.82, 2.24) is 14.8 Å². The normalized spacial score (nSPS) is 15.8. The van der Waals surface area contributed by atoms with Gasteiger partial charge in [0, 0.05) is 23.7 Å². The molecule has 0 aliphatic carbocycles. The number of thioether (sulfide) groups is 1. The van der Waals surface area contributed by atoms with Gasteiger partial charge in [0.2, 0.25) is 0 Å². The van der Waals surface area contributed by atoms with E-state index in [0.717, 1.165) is 41.3 Å². The summed E-state index contributed by atoms with van der Waals surface area (Å²) in [6, 6.07) is 19.3. The molecule has 0 amide bonds. The Hall–Kier alpha value is -2.84. The van der Waals surface area contributed by atoms with Gasteiger partial charge in [-0.25, -0.2) is 0 Å². The van der Waals surface area contributed by atoms with E-state index in [1.165, 1.54) is 33.5 Å². The van der Waals surface area contributed by atoms with Crippen LogP contribution >= 0.6 is 23.5 Å². The number of benzene rings is 2. The van der Waals surface area contributed by atoms with Crippen LogP contribution in [0.2, 0.25) is 0 Å². The molecule has 2 aromatic carbocycles. The lowest BCUT2D eigenvalue weighted by molar-refractivity contribution is 0.411. The molecule has 3 heterocycles. The second kappa shape index (κ2) is 9.57. The van der Waals surface area contributed by atoms with Crippen molar-refractivity contribution in [2.75, 3.05) is 18.6 Å². The highest BCUT2D eigenvalue weighted by molar-refractivity contribution is 7.99. The van der Waals surface area contributed by atoms with Crippen LogP contribution in [0.5, 0.6) is 5.75 Å². The Bertz CT molecular complexity index is 1250. The number of aryl methyl sites for hydroxylation is 2. The van der Waals surface area contributed by atoms with E-state index in [-0.39, 0.29) is 0 Å². The predicted molar refractivity (Wildman–Crippen MR) is 132 cm³/mol. The highest BCUT2D eigenvalue weighted by atomic mass is 32.2. The molecule has 6 nitrogen and oxygen atoms in total. The molecule has 0 fully saturated rings. The fourth-order valence-electron chi connectivity index (χ4n) is 4.07. The summed E-state index contributed by atoms with van der Waals surface area (Å²) in [5.74, 6) is 1.88. The van der Waals surface area contributed by atoms with Crippen molar-refractivity contribution in [2.45, 2.75) is 40.3 Å². The fourth-order valence-corrected chi connectivity index (χ4v) is 6.10. The standard InChI is InChI=1S/C25H26N4O2S2/c1-17-14-18(8-10-21(17)30-3)22-12-13-29(20-6-4-5-7-23(20)32-22)15-19-9-11-24(31-19)33-25-27-26-16-28(25)2/h4-11,14,16,22H,12-13,15H2,1-3H3. The summed E-state index contributed by atoms with van der Waals surface area (Å²) in [6.07, 6.45) is 2.74. The van der Waals surface area contributed by atoms with Crippen LogP contribution in [0.3, 0.4) is 0 Å². The van der Waals surface area contributed by atoms with Crippen LogP contribution in [0.4, 0.5) is 5.69 Å². The minimum atomic E-state index is 0.388. The van der Waals surface area contributed by atoms with E-state index in [1.54, 1.807) is 13.4 Å². The van der Waals surface area contributed by atoms with E-state index in [4.69, 9.17) is 9.15 Å². The van der Waals surface area contributed by atoms with Gasteiger partial charge in [-0.2, -0.15) is 0 Å². The molecule has 0 N–H and O–H groups in total. The quantitative estimate of drug-likeness (QED) is 0.331. The zero-order valence-electron chi connectivity index (χ0n) is 18.9. The van der Waals surface area contributed by atoms with Crippen LogP contribution in [0.1, 0.15) is 28.6 Å². The summed E-state index contributed by atoms with van der Waals surface area (Å²) in [5, 5.41) is 10.1. The monoisotopic (exact) mass is 478 g/mol. The molecule has 1 aliphatic rings. The van der Waals surface area contributed by atoms with E-state index in [9.17, 15) is 0 Å². The zero-order chi connectivity index (χ0) is 22.8. The molecule has 0 radical (unpaired) electrons. The summed E-state index contributed by atoms with van der Waals surface area (Å²) in [4.78, 5) is 3.72. The lowest BCUT2D eigenvalue weighted by Gasteiger charge is -2.23. The minimum absolute atomic E-state index is 0.388. The zero-order valence-corrected chi connectivity index (χ0v) is 20.5. The van der Waals surface area contributed by atoms with Crippen molar-refractivity contribution in [3.8, 4) is 5.75 Å². The second-order valence-electron chi connectivity index (χ2n) is 8.06.